The molecular weight excluding hydrogens is 332 g/mol. The molecule has 8 heteroatoms. The SMILES string of the molecule is Cc1ccc(S(=O)(=O)NCc2nncn2C)c(Br)c1. The van der Waals surface area contributed by atoms with E-state index in [2.05, 4.69) is 30.8 Å². The fraction of sp³-hybridized carbons (Fsp3) is 0.273. The van der Waals surface area contributed by atoms with Gasteiger partial charge in [-0.2, -0.15) is 0 Å². The number of aryl methyl sites for hydroxylation is 2. The molecule has 2 rings (SSSR count). The summed E-state index contributed by atoms with van der Waals surface area (Å²) in [5, 5.41) is 7.52. The smallest absolute Gasteiger partial charge is 0.242 e. The van der Waals surface area contributed by atoms with Gasteiger partial charge in [0, 0.05) is 11.5 Å². The lowest BCUT2D eigenvalue weighted by molar-refractivity contribution is 0.577. The van der Waals surface area contributed by atoms with E-state index in [0.29, 0.717) is 10.3 Å². The number of benzene rings is 1. The summed E-state index contributed by atoms with van der Waals surface area (Å²) < 4.78 is 29.0. The zero-order valence-corrected chi connectivity index (χ0v) is 12.9. The summed E-state index contributed by atoms with van der Waals surface area (Å²) >= 11 is 3.26. The molecule has 0 aliphatic carbocycles. The summed E-state index contributed by atoms with van der Waals surface area (Å²) in [6, 6.07) is 5.08. The predicted molar refractivity (Wildman–Crippen MR) is 73.9 cm³/mol. The van der Waals surface area contributed by atoms with E-state index < -0.39 is 10.0 Å². The molecule has 0 atom stereocenters. The maximum absolute atomic E-state index is 12.2. The molecule has 0 spiro atoms. The topological polar surface area (TPSA) is 76.9 Å². The Balaban J connectivity index is 2.21. The lowest BCUT2D eigenvalue weighted by Crippen LogP contribution is -2.25. The van der Waals surface area contributed by atoms with Crippen molar-refractivity contribution in [2.75, 3.05) is 0 Å². The fourth-order valence-corrected chi connectivity index (χ4v) is 3.70. The third kappa shape index (κ3) is 3.20. The van der Waals surface area contributed by atoms with Crippen molar-refractivity contribution >= 4 is 26.0 Å². The minimum Gasteiger partial charge on any atom is -0.320 e. The average Bonchev–Trinajstić information content (AvgIpc) is 2.72. The number of aromatic nitrogens is 3. The van der Waals surface area contributed by atoms with E-state index in [4.69, 9.17) is 0 Å². The molecular formula is C11H13BrN4O2S. The lowest BCUT2D eigenvalue weighted by Gasteiger charge is -2.08. The molecule has 0 fully saturated rings. The second-order valence-electron chi connectivity index (χ2n) is 4.12. The minimum atomic E-state index is -3.58. The van der Waals surface area contributed by atoms with Crippen LogP contribution < -0.4 is 4.72 Å². The first kappa shape index (κ1) is 14.2. The van der Waals surface area contributed by atoms with Crippen LogP contribution >= 0.6 is 15.9 Å². The van der Waals surface area contributed by atoms with Crippen LogP contribution in [0.2, 0.25) is 0 Å². The van der Waals surface area contributed by atoms with Gasteiger partial charge in [0.1, 0.15) is 12.2 Å². The Morgan fingerprint density at radius 2 is 2.16 bits per heavy atom. The van der Waals surface area contributed by atoms with Crippen molar-refractivity contribution in [3.63, 3.8) is 0 Å². The molecule has 0 saturated heterocycles. The van der Waals surface area contributed by atoms with Crippen LogP contribution in [0.25, 0.3) is 0 Å². The quantitative estimate of drug-likeness (QED) is 0.908. The predicted octanol–water partition coefficient (Wildman–Crippen LogP) is 1.36. The molecule has 1 N–H and O–H groups in total. The molecule has 0 bridgehead atoms. The van der Waals surface area contributed by atoms with Gasteiger partial charge in [0.05, 0.1) is 11.4 Å². The fourth-order valence-electron chi connectivity index (χ4n) is 1.53. The van der Waals surface area contributed by atoms with Gasteiger partial charge in [-0.15, -0.1) is 10.2 Å². The van der Waals surface area contributed by atoms with Gasteiger partial charge in [-0.25, -0.2) is 13.1 Å². The first-order chi connectivity index (χ1) is 8.90. The van der Waals surface area contributed by atoms with Crippen molar-refractivity contribution in [3.05, 3.63) is 40.4 Å². The second-order valence-corrected chi connectivity index (χ2v) is 6.71. The van der Waals surface area contributed by atoms with Crippen molar-refractivity contribution in [2.45, 2.75) is 18.4 Å². The standard InChI is InChI=1S/C11H13BrN4O2S/c1-8-3-4-10(9(12)5-8)19(17,18)14-6-11-15-13-7-16(11)2/h3-5,7,14H,6H2,1-2H3. The molecule has 0 saturated carbocycles. The summed E-state index contributed by atoms with van der Waals surface area (Å²) in [6.45, 7) is 1.99. The van der Waals surface area contributed by atoms with Gasteiger partial charge >= 0.3 is 0 Å². The van der Waals surface area contributed by atoms with E-state index in [-0.39, 0.29) is 11.4 Å². The Morgan fingerprint density at radius 1 is 1.42 bits per heavy atom. The molecule has 0 aliphatic heterocycles. The lowest BCUT2D eigenvalue weighted by atomic mass is 10.2. The molecule has 6 nitrogen and oxygen atoms in total. The number of hydrogen-bond acceptors (Lipinski definition) is 4. The number of nitrogens with zero attached hydrogens (tertiary/aromatic N) is 3. The highest BCUT2D eigenvalue weighted by Crippen LogP contribution is 2.22. The Labute approximate surface area is 120 Å². The van der Waals surface area contributed by atoms with E-state index in [1.54, 1.807) is 29.8 Å². The molecule has 0 aliphatic rings. The molecule has 102 valence electrons. The van der Waals surface area contributed by atoms with E-state index in [1.807, 2.05) is 6.92 Å². The highest BCUT2D eigenvalue weighted by molar-refractivity contribution is 9.10. The average molecular weight is 345 g/mol. The van der Waals surface area contributed by atoms with Crippen molar-refractivity contribution in [1.82, 2.24) is 19.5 Å². The van der Waals surface area contributed by atoms with Crippen LogP contribution in [0, 0.1) is 6.92 Å². The Bertz CT molecular complexity index is 696. The van der Waals surface area contributed by atoms with E-state index in [1.165, 1.54) is 6.33 Å². The maximum atomic E-state index is 12.2. The number of nitrogens with one attached hydrogen (secondary N) is 1. The van der Waals surface area contributed by atoms with Gasteiger partial charge in [0.2, 0.25) is 10.0 Å². The molecule has 0 unspecified atom stereocenters. The summed E-state index contributed by atoms with van der Waals surface area (Å²) in [4.78, 5) is 0.209. The van der Waals surface area contributed by atoms with E-state index in [9.17, 15) is 8.42 Å². The van der Waals surface area contributed by atoms with Crippen molar-refractivity contribution < 1.29 is 8.42 Å². The summed E-state index contributed by atoms with van der Waals surface area (Å²) in [5.74, 6) is 0.548. The van der Waals surface area contributed by atoms with Crippen LogP contribution in [-0.4, -0.2) is 23.2 Å². The molecule has 2 aromatic rings. The Morgan fingerprint density at radius 3 is 2.74 bits per heavy atom. The summed E-state index contributed by atoms with van der Waals surface area (Å²) in [6.07, 6.45) is 1.52. The van der Waals surface area contributed by atoms with E-state index in [0.717, 1.165) is 5.56 Å². The Hall–Kier alpha value is -1.25. The number of sulfonamides is 1. The van der Waals surface area contributed by atoms with Gasteiger partial charge in [-0.05, 0) is 40.5 Å². The molecule has 1 heterocycles. The zero-order valence-electron chi connectivity index (χ0n) is 10.5. The Kier molecular flexibility index (Phi) is 4.02. The van der Waals surface area contributed by atoms with Crippen LogP contribution in [-0.2, 0) is 23.6 Å². The summed E-state index contributed by atoms with van der Waals surface area (Å²) in [7, 11) is -1.82. The highest BCUT2D eigenvalue weighted by atomic mass is 79.9. The normalized spacial score (nSPS) is 11.7. The van der Waals surface area contributed by atoms with Gasteiger partial charge in [0.25, 0.3) is 0 Å². The third-order valence-electron chi connectivity index (χ3n) is 2.60. The van der Waals surface area contributed by atoms with Gasteiger partial charge in [-0.3, -0.25) is 0 Å². The van der Waals surface area contributed by atoms with Gasteiger partial charge in [-0.1, -0.05) is 6.07 Å². The van der Waals surface area contributed by atoms with Crippen molar-refractivity contribution in [3.8, 4) is 0 Å². The first-order valence-corrected chi connectivity index (χ1v) is 7.76. The van der Waals surface area contributed by atoms with Crippen LogP contribution in [0.4, 0.5) is 0 Å². The first-order valence-electron chi connectivity index (χ1n) is 5.49. The van der Waals surface area contributed by atoms with Crippen molar-refractivity contribution in [2.24, 2.45) is 7.05 Å². The zero-order chi connectivity index (χ0) is 14.0. The van der Waals surface area contributed by atoms with E-state index >= 15 is 0 Å². The van der Waals surface area contributed by atoms with Crippen LogP contribution in [0.15, 0.2) is 33.9 Å². The van der Waals surface area contributed by atoms with Crippen LogP contribution in [0.3, 0.4) is 0 Å². The molecule has 0 amide bonds. The number of rotatable bonds is 4. The molecule has 1 aromatic heterocycles. The molecule has 0 radical (unpaired) electrons. The number of halogens is 1. The highest BCUT2D eigenvalue weighted by Gasteiger charge is 2.18. The molecule has 1 aromatic carbocycles. The summed E-state index contributed by atoms with van der Waals surface area (Å²) in [5.41, 5.74) is 0.985. The number of hydrogen-bond donors (Lipinski definition) is 1. The monoisotopic (exact) mass is 344 g/mol. The minimum absolute atomic E-state index is 0.0964. The third-order valence-corrected chi connectivity index (χ3v) is 4.98. The largest absolute Gasteiger partial charge is 0.320 e. The van der Waals surface area contributed by atoms with Gasteiger partial charge < -0.3 is 4.57 Å². The van der Waals surface area contributed by atoms with Crippen LogP contribution in [0.1, 0.15) is 11.4 Å². The van der Waals surface area contributed by atoms with Gasteiger partial charge in [0.15, 0.2) is 0 Å². The van der Waals surface area contributed by atoms with Crippen molar-refractivity contribution in [1.29, 1.82) is 0 Å². The second kappa shape index (κ2) is 5.40. The maximum Gasteiger partial charge on any atom is 0.242 e. The van der Waals surface area contributed by atoms with Crippen LogP contribution in [0.5, 0.6) is 0 Å². The molecule has 19 heavy (non-hydrogen) atoms.